The van der Waals surface area contributed by atoms with Crippen LogP contribution in [0.5, 0.6) is 0 Å². The van der Waals surface area contributed by atoms with Crippen molar-refractivity contribution in [1.82, 2.24) is 19.8 Å². The Labute approximate surface area is 178 Å². The smallest absolute Gasteiger partial charge is 0.394 e. The summed E-state index contributed by atoms with van der Waals surface area (Å²) in [5.74, 6) is -0.722. The lowest BCUT2D eigenvalue weighted by atomic mass is 10.1. The lowest BCUT2D eigenvalue weighted by Crippen LogP contribution is -2.41. The number of likely N-dealkylation sites (tertiary alicyclic amines) is 1. The van der Waals surface area contributed by atoms with Crippen LogP contribution in [0.2, 0.25) is 0 Å². The van der Waals surface area contributed by atoms with E-state index in [2.05, 4.69) is 14.9 Å². The zero-order valence-corrected chi connectivity index (χ0v) is 17.2. The number of hydrogen-bond acceptors (Lipinski definition) is 5. The summed E-state index contributed by atoms with van der Waals surface area (Å²) in [5, 5.41) is 7.13. The molecule has 168 valence electrons. The maximum absolute atomic E-state index is 12.9. The number of nitrogens with zero attached hydrogens (tertiary/aromatic N) is 3. The Balaban J connectivity index is 1.80. The first-order valence-corrected chi connectivity index (χ1v) is 10.3. The molecule has 0 saturated carbocycles. The number of fused-ring (bicyclic) bond motifs is 1. The Bertz CT molecular complexity index is 944. The van der Waals surface area contributed by atoms with Crippen molar-refractivity contribution < 1.29 is 18.0 Å². The van der Waals surface area contributed by atoms with Crippen LogP contribution >= 0.6 is 0 Å². The number of nitrogens with two attached hydrogens (primary N) is 1. The molecule has 1 aliphatic heterocycles. The molecule has 0 radical (unpaired) electrons. The summed E-state index contributed by atoms with van der Waals surface area (Å²) in [6.45, 7) is 2.95. The number of allylic oxidation sites excluding steroid dienone is 1. The minimum atomic E-state index is -4.86. The van der Waals surface area contributed by atoms with Gasteiger partial charge >= 0.3 is 6.18 Å². The zero-order valence-electron chi connectivity index (χ0n) is 17.2. The van der Waals surface area contributed by atoms with E-state index >= 15 is 0 Å². The number of halogens is 3. The highest BCUT2D eigenvalue weighted by Gasteiger charge is 2.33. The first-order valence-electron chi connectivity index (χ1n) is 10.3. The van der Waals surface area contributed by atoms with E-state index < -0.39 is 23.5 Å². The third kappa shape index (κ3) is 6.06. The Morgan fingerprint density at radius 1 is 1.26 bits per heavy atom. The van der Waals surface area contributed by atoms with Crippen molar-refractivity contribution in [3.8, 4) is 0 Å². The molecule has 0 spiro atoms. The van der Waals surface area contributed by atoms with Crippen molar-refractivity contribution in [3.05, 3.63) is 41.9 Å². The van der Waals surface area contributed by atoms with E-state index in [4.69, 9.17) is 11.1 Å². The van der Waals surface area contributed by atoms with E-state index in [1.54, 1.807) is 6.33 Å². The van der Waals surface area contributed by atoms with Crippen LogP contribution in [0.1, 0.15) is 31.2 Å². The standard InChI is InChI=1S/C21H27F3N6O/c22-21(23,24)18(26)12-16(25)20(31)30(11-10-29-8-3-1-2-4-9-29)13-15-6-5-7-17-19(15)28-14-27-17/h5-7,12,14,26H,1-4,8-11,13,25H2,(H,27,28)/b16-12-,26-18?. The number of carbonyl (C=O) groups is 1. The number of para-hydroxylation sites is 1. The second-order valence-corrected chi connectivity index (χ2v) is 7.71. The van der Waals surface area contributed by atoms with Crippen LogP contribution in [-0.2, 0) is 11.3 Å². The number of nitrogens with one attached hydrogen (secondary N) is 2. The van der Waals surface area contributed by atoms with Gasteiger partial charge in [-0.25, -0.2) is 4.98 Å². The fourth-order valence-corrected chi connectivity index (χ4v) is 3.72. The topological polar surface area (TPSA) is 102 Å². The SMILES string of the molecule is N=C(/C=C(\N)C(=O)N(CCN1CCCCCC1)Cc1cccc2nc[nH]c12)C(F)(F)F. The summed E-state index contributed by atoms with van der Waals surface area (Å²) >= 11 is 0. The normalized spacial score (nSPS) is 16.3. The van der Waals surface area contributed by atoms with Gasteiger partial charge in [-0.3, -0.25) is 10.2 Å². The molecule has 0 aliphatic carbocycles. The molecule has 1 aromatic heterocycles. The number of alkyl halides is 3. The molecule has 1 amide bonds. The van der Waals surface area contributed by atoms with Gasteiger partial charge in [-0.2, -0.15) is 13.2 Å². The molecular weight excluding hydrogens is 409 g/mol. The second-order valence-electron chi connectivity index (χ2n) is 7.71. The Kier molecular flexibility index (Phi) is 7.32. The Morgan fingerprint density at radius 2 is 1.97 bits per heavy atom. The van der Waals surface area contributed by atoms with Crippen LogP contribution in [0.15, 0.2) is 36.3 Å². The van der Waals surface area contributed by atoms with Crippen LogP contribution in [0.3, 0.4) is 0 Å². The van der Waals surface area contributed by atoms with Crippen molar-refractivity contribution in [2.24, 2.45) is 5.73 Å². The number of hydrogen-bond donors (Lipinski definition) is 3. The van der Waals surface area contributed by atoms with E-state index in [1.807, 2.05) is 18.2 Å². The van der Waals surface area contributed by atoms with Gasteiger partial charge in [0.1, 0.15) is 5.71 Å². The number of rotatable bonds is 7. The van der Waals surface area contributed by atoms with Crippen LogP contribution in [0.25, 0.3) is 11.0 Å². The summed E-state index contributed by atoms with van der Waals surface area (Å²) in [5.41, 5.74) is 5.73. The van der Waals surface area contributed by atoms with E-state index in [1.165, 1.54) is 17.7 Å². The van der Waals surface area contributed by atoms with Crippen molar-refractivity contribution in [3.63, 3.8) is 0 Å². The maximum atomic E-state index is 12.9. The minimum Gasteiger partial charge on any atom is -0.394 e. The average molecular weight is 436 g/mol. The molecule has 4 N–H and O–H groups in total. The predicted octanol–water partition coefficient (Wildman–Crippen LogP) is 3.19. The van der Waals surface area contributed by atoms with Gasteiger partial charge < -0.3 is 20.5 Å². The molecule has 0 unspecified atom stereocenters. The molecule has 1 fully saturated rings. The highest BCUT2D eigenvalue weighted by Crippen LogP contribution is 2.20. The fraction of sp³-hybridized carbons (Fsp3) is 0.476. The largest absolute Gasteiger partial charge is 0.432 e. The molecule has 0 bridgehead atoms. The summed E-state index contributed by atoms with van der Waals surface area (Å²) in [7, 11) is 0. The fourth-order valence-electron chi connectivity index (χ4n) is 3.72. The van der Waals surface area contributed by atoms with E-state index in [-0.39, 0.29) is 6.54 Å². The number of amides is 1. The second kappa shape index (κ2) is 9.95. The number of H-pyrrole nitrogens is 1. The summed E-state index contributed by atoms with van der Waals surface area (Å²) < 4.78 is 38.2. The summed E-state index contributed by atoms with van der Waals surface area (Å²) in [4.78, 5) is 23.9. The Hall–Kier alpha value is -2.88. The quantitative estimate of drug-likeness (QED) is 0.458. The molecule has 3 rings (SSSR count). The molecule has 7 nitrogen and oxygen atoms in total. The average Bonchev–Trinajstić information content (AvgIpc) is 3.06. The van der Waals surface area contributed by atoms with Crippen LogP contribution < -0.4 is 5.73 Å². The van der Waals surface area contributed by atoms with E-state index in [0.717, 1.165) is 42.5 Å². The molecule has 2 heterocycles. The first kappa shape index (κ1) is 22.8. The minimum absolute atomic E-state index is 0.167. The van der Waals surface area contributed by atoms with Gasteiger partial charge in [0.05, 0.1) is 23.1 Å². The predicted molar refractivity (Wildman–Crippen MR) is 112 cm³/mol. The molecule has 1 saturated heterocycles. The van der Waals surface area contributed by atoms with Crippen molar-refractivity contribution in [2.45, 2.75) is 38.4 Å². The van der Waals surface area contributed by atoms with Crippen molar-refractivity contribution in [2.75, 3.05) is 26.2 Å². The molecule has 2 aromatic rings. The van der Waals surface area contributed by atoms with Gasteiger partial charge in [0.15, 0.2) is 0 Å². The highest BCUT2D eigenvalue weighted by molar-refractivity contribution is 6.04. The number of imidazole rings is 1. The van der Waals surface area contributed by atoms with E-state index in [0.29, 0.717) is 19.2 Å². The number of benzene rings is 1. The first-order chi connectivity index (χ1) is 14.8. The summed E-state index contributed by atoms with van der Waals surface area (Å²) in [6.07, 6.45) is 1.61. The van der Waals surface area contributed by atoms with Gasteiger partial charge in [0, 0.05) is 19.6 Å². The summed E-state index contributed by atoms with van der Waals surface area (Å²) in [6, 6.07) is 5.48. The molecule has 10 heteroatoms. The van der Waals surface area contributed by atoms with Crippen molar-refractivity contribution in [1.29, 1.82) is 5.41 Å². The molecule has 0 atom stereocenters. The molecular formula is C21H27F3N6O. The lowest BCUT2D eigenvalue weighted by Gasteiger charge is -2.27. The highest BCUT2D eigenvalue weighted by atomic mass is 19.4. The van der Waals surface area contributed by atoms with Gasteiger partial charge in [-0.1, -0.05) is 25.0 Å². The molecule has 1 aromatic carbocycles. The number of aromatic amines is 1. The lowest BCUT2D eigenvalue weighted by molar-refractivity contribution is -0.128. The maximum Gasteiger partial charge on any atom is 0.432 e. The van der Waals surface area contributed by atoms with Gasteiger partial charge in [-0.15, -0.1) is 0 Å². The monoisotopic (exact) mass is 436 g/mol. The zero-order chi connectivity index (χ0) is 22.4. The van der Waals surface area contributed by atoms with Crippen LogP contribution in [-0.4, -0.2) is 63.7 Å². The molecule has 1 aliphatic rings. The van der Waals surface area contributed by atoms with Gasteiger partial charge in [0.2, 0.25) is 0 Å². The van der Waals surface area contributed by atoms with Gasteiger partial charge in [0.25, 0.3) is 5.91 Å². The Morgan fingerprint density at radius 3 is 2.65 bits per heavy atom. The van der Waals surface area contributed by atoms with Crippen LogP contribution in [0.4, 0.5) is 13.2 Å². The molecule has 31 heavy (non-hydrogen) atoms. The van der Waals surface area contributed by atoms with Crippen molar-refractivity contribution >= 4 is 22.7 Å². The third-order valence-electron chi connectivity index (χ3n) is 5.43. The third-order valence-corrected chi connectivity index (χ3v) is 5.43. The number of aromatic nitrogens is 2. The van der Waals surface area contributed by atoms with Gasteiger partial charge in [-0.05, 0) is 43.6 Å². The van der Waals surface area contributed by atoms with Crippen LogP contribution in [0, 0.1) is 5.41 Å². The van der Waals surface area contributed by atoms with E-state index in [9.17, 15) is 18.0 Å². The number of carbonyl (C=O) groups excluding carboxylic acids is 1.